The van der Waals surface area contributed by atoms with Crippen molar-refractivity contribution in [2.24, 2.45) is 17.3 Å². The SMILES string of the molecule is C=C(CCCCCCC)C1CCC2(C)CC2C1. The second-order valence-electron chi connectivity index (χ2n) is 6.85. The Morgan fingerprint density at radius 3 is 2.71 bits per heavy atom. The van der Waals surface area contributed by atoms with Crippen LogP contribution in [-0.4, -0.2) is 0 Å². The van der Waals surface area contributed by atoms with Gasteiger partial charge in [-0.05, 0) is 55.8 Å². The summed E-state index contributed by atoms with van der Waals surface area (Å²) in [7, 11) is 0. The lowest BCUT2D eigenvalue weighted by Gasteiger charge is -2.27. The van der Waals surface area contributed by atoms with Crippen molar-refractivity contribution in [3.05, 3.63) is 12.2 Å². The zero-order valence-electron chi connectivity index (χ0n) is 11.9. The van der Waals surface area contributed by atoms with Crippen molar-refractivity contribution in [3.8, 4) is 0 Å². The molecule has 0 radical (unpaired) electrons. The largest absolute Gasteiger partial charge is 0.0996 e. The summed E-state index contributed by atoms with van der Waals surface area (Å²) in [6.07, 6.45) is 14.2. The number of hydrogen-bond donors (Lipinski definition) is 0. The molecule has 0 spiro atoms. The van der Waals surface area contributed by atoms with Crippen LogP contribution >= 0.6 is 0 Å². The highest BCUT2D eigenvalue weighted by atomic mass is 14.6. The maximum atomic E-state index is 4.37. The number of rotatable bonds is 7. The van der Waals surface area contributed by atoms with E-state index in [0.717, 1.165) is 17.3 Å². The van der Waals surface area contributed by atoms with Gasteiger partial charge < -0.3 is 0 Å². The van der Waals surface area contributed by atoms with Gasteiger partial charge in [0.25, 0.3) is 0 Å². The molecule has 17 heavy (non-hydrogen) atoms. The molecule has 0 aromatic carbocycles. The van der Waals surface area contributed by atoms with Crippen LogP contribution in [0.2, 0.25) is 0 Å². The molecule has 0 aliphatic heterocycles. The standard InChI is InChI=1S/C17H30/c1-4-5-6-7-8-9-14(2)15-10-11-17(3)13-16(17)12-15/h15-16H,2,4-13H2,1,3H3. The second kappa shape index (κ2) is 5.59. The smallest absolute Gasteiger partial charge is 0.0203 e. The van der Waals surface area contributed by atoms with Crippen LogP contribution in [0.25, 0.3) is 0 Å². The Kier molecular flexibility index (Phi) is 4.33. The van der Waals surface area contributed by atoms with Crippen LogP contribution in [0, 0.1) is 17.3 Å². The molecule has 0 nitrogen and oxygen atoms in total. The average Bonchev–Trinajstić information content (AvgIpc) is 2.99. The van der Waals surface area contributed by atoms with E-state index in [1.165, 1.54) is 64.2 Å². The Morgan fingerprint density at radius 1 is 1.24 bits per heavy atom. The molecule has 0 aromatic heterocycles. The minimum Gasteiger partial charge on any atom is -0.0996 e. The first-order valence-electron chi connectivity index (χ1n) is 7.83. The molecule has 98 valence electrons. The van der Waals surface area contributed by atoms with Crippen LogP contribution in [0.1, 0.15) is 78.1 Å². The van der Waals surface area contributed by atoms with Crippen LogP contribution in [-0.2, 0) is 0 Å². The normalized spacial score (nSPS) is 35.4. The first-order valence-corrected chi connectivity index (χ1v) is 7.83. The first-order chi connectivity index (χ1) is 8.15. The van der Waals surface area contributed by atoms with Crippen molar-refractivity contribution >= 4 is 0 Å². The topological polar surface area (TPSA) is 0 Å². The fourth-order valence-electron chi connectivity index (χ4n) is 3.67. The molecule has 0 aromatic rings. The lowest BCUT2D eigenvalue weighted by Crippen LogP contribution is -2.15. The molecule has 0 bridgehead atoms. The maximum absolute atomic E-state index is 4.37. The monoisotopic (exact) mass is 234 g/mol. The Labute approximate surface area is 108 Å². The van der Waals surface area contributed by atoms with Crippen molar-refractivity contribution in [1.29, 1.82) is 0 Å². The fourth-order valence-corrected chi connectivity index (χ4v) is 3.67. The van der Waals surface area contributed by atoms with Crippen LogP contribution in [0.15, 0.2) is 12.2 Å². The highest BCUT2D eigenvalue weighted by Gasteiger charge is 2.52. The Hall–Kier alpha value is -0.260. The lowest BCUT2D eigenvalue weighted by atomic mass is 9.78. The molecule has 0 heteroatoms. The van der Waals surface area contributed by atoms with Gasteiger partial charge in [-0.1, -0.05) is 51.7 Å². The van der Waals surface area contributed by atoms with Gasteiger partial charge in [0.1, 0.15) is 0 Å². The van der Waals surface area contributed by atoms with Gasteiger partial charge in [-0.15, -0.1) is 0 Å². The van der Waals surface area contributed by atoms with Crippen LogP contribution in [0.5, 0.6) is 0 Å². The summed E-state index contributed by atoms with van der Waals surface area (Å²) >= 11 is 0. The number of fused-ring (bicyclic) bond motifs is 1. The van der Waals surface area contributed by atoms with Gasteiger partial charge in [-0.2, -0.15) is 0 Å². The third-order valence-electron chi connectivity index (χ3n) is 5.35. The minimum atomic E-state index is 0.762. The summed E-state index contributed by atoms with van der Waals surface area (Å²) in [6, 6.07) is 0. The molecule has 0 heterocycles. The molecule has 0 saturated heterocycles. The Balaban J connectivity index is 1.60. The minimum absolute atomic E-state index is 0.762. The predicted octanol–water partition coefficient (Wildman–Crippen LogP) is 5.73. The highest BCUT2D eigenvalue weighted by molar-refractivity contribution is 5.10. The van der Waals surface area contributed by atoms with Crippen molar-refractivity contribution < 1.29 is 0 Å². The Morgan fingerprint density at radius 2 is 2.00 bits per heavy atom. The highest BCUT2D eigenvalue weighted by Crippen LogP contribution is 2.62. The van der Waals surface area contributed by atoms with E-state index in [1.807, 2.05) is 0 Å². The van der Waals surface area contributed by atoms with Gasteiger partial charge in [0, 0.05) is 0 Å². The third-order valence-corrected chi connectivity index (χ3v) is 5.35. The summed E-state index contributed by atoms with van der Waals surface area (Å²) in [5.74, 6) is 1.93. The molecule has 2 rings (SSSR count). The molecule has 3 unspecified atom stereocenters. The molecular weight excluding hydrogens is 204 g/mol. The number of allylic oxidation sites excluding steroid dienone is 1. The molecule has 2 aliphatic rings. The van der Waals surface area contributed by atoms with E-state index >= 15 is 0 Å². The van der Waals surface area contributed by atoms with E-state index in [9.17, 15) is 0 Å². The van der Waals surface area contributed by atoms with Gasteiger partial charge in [0.15, 0.2) is 0 Å². The lowest BCUT2D eigenvalue weighted by molar-refractivity contribution is 0.302. The van der Waals surface area contributed by atoms with Gasteiger partial charge in [0.05, 0.1) is 0 Å². The molecule has 2 fully saturated rings. The molecule has 0 N–H and O–H groups in total. The van der Waals surface area contributed by atoms with Crippen LogP contribution in [0.4, 0.5) is 0 Å². The van der Waals surface area contributed by atoms with Crippen LogP contribution in [0.3, 0.4) is 0 Å². The number of unbranched alkanes of at least 4 members (excludes halogenated alkanes) is 4. The zero-order valence-corrected chi connectivity index (χ0v) is 11.9. The molecule has 2 saturated carbocycles. The van der Waals surface area contributed by atoms with E-state index in [0.29, 0.717) is 0 Å². The third kappa shape index (κ3) is 3.36. The van der Waals surface area contributed by atoms with E-state index < -0.39 is 0 Å². The maximum Gasteiger partial charge on any atom is -0.0203 e. The zero-order chi connectivity index (χ0) is 12.3. The summed E-state index contributed by atoms with van der Waals surface area (Å²) in [5, 5.41) is 0. The summed E-state index contributed by atoms with van der Waals surface area (Å²) < 4.78 is 0. The van der Waals surface area contributed by atoms with Crippen molar-refractivity contribution in [1.82, 2.24) is 0 Å². The second-order valence-corrected chi connectivity index (χ2v) is 6.85. The number of hydrogen-bond acceptors (Lipinski definition) is 0. The summed E-state index contributed by atoms with van der Waals surface area (Å²) in [4.78, 5) is 0. The van der Waals surface area contributed by atoms with Crippen LogP contribution < -0.4 is 0 Å². The summed E-state index contributed by atoms with van der Waals surface area (Å²) in [6.45, 7) is 9.14. The fraction of sp³-hybridized carbons (Fsp3) is 0.882. The summed E-state index contributed by atoms with van der Waals surface area (Å²) in [5.41, 5.74) is 2.34. The van der Waals surface area contributed by atoms with Gasteiger partial charge in [-0.3, -0.25) is 0 Å². The van der Waals surface area contributed by atoms with E-state index in [1.54, 1.807) is 5.57 Å². The molecule has 0 amide bonds. The first kappa shape index (κ1) is 13.2. The van der Waals surface area contributed by atoms with Crippen molar-refractivity contribution in [3.63, 3.8) is 0 Å². The van der Waals surface area contributed by atoms with E-state index in [-0.39, 0.29) is 0 Å². The van der Waals surface area contributed by atoms with E-state index in [4.69, 9.17) is 0 Å². The van der Waals surface area contributed by atoms with Gasteiger partial charge in [0.2, 0.25) is 0 Å². The Bertz CT molecular complexity index is 265. The molecule has 2 aliphatic carbocycles. The molecular formula is C17H30. The predicted molar refractivity (Wildman–Crippen MR) is 76.1 cm³/mol. The van der Waals surface area contributed by atoms with E-state index in [2.05, 4.69) is 20.4 Å². The quantitative estimate of drug-likeness (QED) is 0.390. The van der Waals surface area contributed by atoms with Gasteiger partial charge in [-0.25, -0.2) is 0 Å². The average molecular weight is 234 g/mol. The van der Waals surface area contributed by atoms with Gasteiger partial charge >= 0.3 is 0 Å². The van der Waals surface area contributed by atoms with Crippen molar-refractivity contribution in [2.75, 3.05) is 0 Å². The molecule has 3 atom stereocenters. The van der Waals surface area contributed by atoms with Crippen molar-refractivity contribution in [2.45, 2.75) is 78.1 Å².